The highest BCUT2D eigenvalue weighted by Gasteiger charge is 2.25. The molecule has 0 aromatic carbocycles. The van der Waals surface area contributed by atoms with Crippen molar-refractivity contribution in [2.24, 2.45) is 11.7 Å². The first-order chi connectivity index (χ1) is 8.26. The molecule has 0 amide bonds. The van der Waals surface area contributed by atoms with Gasteiger partial charge in [-0.1, -0.05) is 0 Å². The average molecular weight is 238 g/mol. The second kappa shape index (κ2) is 5.51. The van der Waals surface area contributed by atoms with Crippen molar-refractivity contribution >= 4 is 5.95 Å². The molecule has 0 bridgehead atoms. The molecule has 0 spiro atoms. The molecule has 1 aliphatic heterocycles. The van der Waals surface area contributed by atoms with Crippen LogP contribution in [0, 0.1) is 5.92 Å². The van der Waals surface area contributed by atoms with E-state index in [-0.39, 0.29) is 0 Å². The molecule has 17 heavy (non-hydrogen) atoms. The summed E-state index contributed by atoms with van der Waals surface area (Å²) in [5.41, 5.74) is 5.72. The summed E-state index contributed by atoms with van der Waals surface area (Å²) < 4.78 is 7.38. The largest absolute Gasteiger partial charge is 0.383 e. The number of hydrogen-bond donors (Lipinski definition) is 1. The van der Waals surface area contributed by atoms with E-state index in [1.165, 1.54) is 6.42 Å². The second-order valence-corrected chi connectivity index (χ2v) is 4.78. The summed E-state index contributed by atoms with van der Waals surface area (Å²) in [6, 6.07) is 0.314. The molecule has 2 unspecified atom stereocenters. The van der Waals surface area contributed by atoms with Gasteiger partial charge in [-0.2, -0.15) is 0 Å². The van der Waals surface area contributed by atoms with E-state index in [0.29, 0.717) is 18.6 Å². The van der Waals surface area contributed by atoms with Crippen LogP contribution in [0.2, 0.25) is 0 Å². The third-order valence-corrected chi connectivity index (χ3v) is 3.43. The zero-order valence-electron chi connectivity index (χ0n) is 10.7. The highest BCUT2D eigenvalue weighted by atomic mass is 16.5. The van der Waals surface area contributed by atoms with Gasteiger partial charge in [-0.25, -0.2) is 4.98 Å². The minimum Gasteiger partial charge on any atom is -0.383 e. The normalized spacial score (nSPS) is 22.1. The van der Waals surface area contributed by atoms with E-state index < -0.39 is 0 Å². The molecule has 96 valence electrons. The molecule has 2 heterocycles. The first kappa shape index (κ1) is 12.4. The fourth-order valence-corrected chi connectivity index (χ4v) is 2.42. The third-order valence-electron chi connectivity index (χ3n) is 3.43. The summed E-state index contributed by atoms with van der Waals surface area (Å²) in [6.07, 6.45) is 5.05. The van der Waals surface area contributed by atoms with Crippen LogP contribution in [-0.4, -0.2) is 42.9 Å². The first-order valence-electron chi connectivity index (χ1n) is 6.23. The van der Waals surface area contributed by atoms with Crippen molar-refractivity contribution < 1.29 is 4.74 Å². The van der Waals surface area contributed by atoms with E-state index in [9.17, 15) is 0 Å². The maximum atomic E-state index is 5.72. The molecule has 2 atom stereocenters. The number of ether oxygens (including phenoxy) is 1. The summed E-state index contributed by atoms with van der Waals surface area (Å²) in [5.74, 6) is 1.66. The van der Waals surface area contributed by atoms with E-state index in [1.54, 1.807) is 7.11 Å². The second-order valence-electron chi connectivity index (χ2n) is 4.78. The molecule has 5 nitrogen and oxygen atoms in total. The van der Waals surface area contributed by atoms with Crippen molar-refractivity contribution in [3.8, 4) is 0 Å². The Morgan fingerprint density at radius 3 is 3.12 bits per heavy atom. The van der Waals surface area contributed by atoms with Crippen LogP contribution >= 0.6 is 0 Å². The molecule has 5 heteroatoms. The predicted molar refractivity (Wildman–Crippen MR) is 68.2 cm³/mol. The molecule has 2 N–H and O–H groups in total. The summed E-state index contributed by atoms with van der Waals surface area (Å²) in [7, 11) is 1.73. The number of methoxy groups -OCH3 is 1. The van der Waals surface area contributed by atoms with Crippen LogP contribution in [0.3, 0.4) is 0 Å². The lowest BCUT2D eigenvalue weighted by Crippen LogP contribution is -2.26. The van der Waals surface area contributed by atoms with Gasteiger partial charge in [-0.15, -0.1) is 0 Å². The molecule has 1 aliphatic rings. The van der Waals surface area contributed by atoms with Gasteiger partial charge in [-0.3, -0.25) is 0 Å². The molecule has 1 fully saturated rings. The van der Waals surface area contributed by atoms with Crippen LogP contribution in [0.4, 0.5) is 5.95 Å². The quantitative estimate of drug-likeness (QED) is 0.827. The monoisotopic (exact) mass is 238 g/mol. The van der Waals surface area contributed by atoms with Crippen LogP contribution < -0.4 is 10.6 Å². The van der Waals surface area contributed by atoms with Crippen molar-refractivity contribution in [3.63, 3.8) is 0 Å². The maximum Gasteiger partial charge on any atom is 0.205 e. The maximum absolute atomic E-state index is 5.72. The van der Waals surface area contributed by atoms with Gasteiger partial charge in [0.2, 0.25) is 5.95 Å². The van der Waals surface area contributed by atoms with Gasteiger partial charge >= 0.3 is 0 Å². The summed E-state index contributed by atoms with van der Waals surface area (Å²) >= 11 is 0. The average Bonchev–Trinajstić information content (AvgIpc) is 2.97. The molecular weight excluding hydrogens is 216 g/mol. The Labute approximate surface area is 103 Å². The van der Waals surface area contributed by atoms with Crippen molar-refractivity contribution in [1.29, 1.82) is 0 Å². The van der Waals surface area contributed by atoms with Gasteiger partial charge in [0.1, 0.15) is 0 Å². The summed E-state index contributed by atoms with van der Waals surface area (Å²) in [5, 5.41) is 0. The number of nitrogens with two attached hydrogens (primary N) is 1. The van der Waals surface area contributed by atoms with E-state index in [4.69, 9.17) is 10.5 Å². The Balaban J connectivity index is 2.08. The Hall–Kier alpha value is -1.07. The lowest BCUT2D eigenvalue weighted by atomic mass is 10.1. The van der Waals surface area contributed by atoms with Gasteiger partial charge in [0, 0.05) is 32.6 Å². The highest BCUT2D eigenvalue weighted by molar-refractivity contribution is 5.33. The third kappa shape index (κ3) is 2.61. The molecule has 2 rings (SSSR count). The number of hydrogen-bond acceptors (Lipinski definition) is 4. The number of imidazole rings is 1. The zero-order valence-corrected chi connectivity index (χ0v) is 10.7. The van der Waals surface area contributed by atoms with Gasteiger partial charge in [-0.05, 0) is 25.8 Å². The van der Waals surface area contributed by atoms with Gasteiger partial charge < -0.3 is 19.9 Å². The topological polar surface area (TPSA) is 56.3 Å². The van der Waals surface area contributed by atoms with E-state index in [1.807, 2.05) is 12.4 Å². The lowest BCUT2D eigenvalue weighted by molar-refractivity contribution is 0.162. The molecule has 0 radical (unpaired) electrons. The minimum absolute atomic E-state index is 0.314. The predicted octanol–water partition coefficient (Wildman–Crippen LogP) is 0.876. The van der Waals surface area contributed by atoms with Crippen LogP contribution in [0.15, 0.2) is 12.4 Å². The van der Waals surface area contributed by atoms with Crippen molar-refractivity contribution in [1.82, 2.24) is 9.55 Å². The fourth-order valence-electron chi connectivity index (χ4n) is 2.42. The van der Waals surface area contributed by atoms with Gasteiger partial charge in [0.15, 0.2) is 0 Å². The van der Waals surface area contributed by atoms with Crippen LogP contribution in [0.25, 0.3) is 0 Å². The van der Waals surface area contributed by atoms with Crippen LogP contribution in [0.5, 0.6) is 0 Å². The zero-order chi connectivity index (χ0) is 12.3. The molecule has 0 saturated carbocycles. The standard InChI is InChI=1S/C12H22N4O/c1-10(9-17-2)16-6-4-14-12(16)15-5-3-11(7-13)8-15/h4,6,10-11H,3,5,7-9,13H2,1-2H3. The van der Waals surface area contributed by atoms with Crippen molar-refractivity contribution in [3.05, 3.63) is 12.4 Å². The molecule has 0 aliphatic carbocycles. The molecule has 1 aromatic heterocycles. The van der Waals surface area contributed by atoms with Crippen LogP contribution in [-0.2, 0) is 4.74 Å². The smallest absolute Gasteiger partial charge is 0.205 e. The van der Waals surface area contributed by atoms with Crippen LogP contribution in [0.1, 0.15) is 19.4 Å². The molecule has 1 aromatic rings. The minimum atomic E-state index is 0.314. The highest BCUT2D eigenvalue weighted by Crippen LogP contribution is 2.24. The Kier molecular flexibility index (Phi) is 4.02. The first-order valence-corrected chi connectivity index (χ1v) is 6.23. The number of nitrogens with zero attached hydrogens (tertiary/aromatic N) is 3. The number of anilines is 1. The lowest BCUT2D eigenvalue weighted by Gasteiger charge is -2.22. The van der Waals surface area contributed by atoms with E-state index in [2.05, 4.69) is 21.4 Å². The Morgan fingerprint density at radius 2 is 2.47 bits per heavy atom. The number of aromatic nitrogens is 2. The van der Waals surface area contributed by atoms with E-state index in [0.717, 1.165) is 25.6 Å². The molecule has 1 saturated heterocycles. The Morgan fingerprint density at radius 1 is 1.65 bits per heavy atom. The van der Waals surface area contributed by atoms with Crippen molar-refractivity contribution in [2.75, 3.05) is 38.3 Å². The summed E-state index contributed by atoms with van der Waals surface area (Å²) in [6.45, 7) is 5.69. The Bertz CT molecular complexity index is 352. The van der Waals surface area contributed by atoms with Crippen molar-refractivity contribution in [2.45, 2.75) is 19.4 Å². The molecular formula is C12H22N4O. The fraction of sp³-hybridized carbons (Fsp3) is 0.750. The van der Waals surface area contributed by atoms with E-state index >= 15 is 0 Å². The van der Waals surface area contributed by atoms with Gasteiger partial charge in [0.05, 0.1) is 12.6 Å². The van der Waals surface area contributed by atoms with Gasteiger partial charge in [0.25, 0.3) is 0 Å². The summed E-state index contributed by atoms with van der Waals surface area (Å²) in [4.78, 5) is 6.79. The SMILES string of the molecule is COCC(C)n1ccnc1N1CCC(CN)C1. The number of rotatable bonds is 5.